The van der Waals surface area contributed by atoms with Crippen LogP contribution in [0.15, 0.2) is 28.0 Å². The molecule has 0 unspecified atom stereocenters. The number of carbonyl (C=O) groups is 1. The van der Waals surface area contributed by atoms with Gasteiger partial charge in [-0.3, -0.25) is 4.79 Å². The van der Waals surface area contributed by atoms with Crippen LogP contribution >= 0.6 is 11.3 Å². The Balaban J connectivity index is 2.23. The molecule has 19 heavy (non-hydrogen) atoms. The lowest BCUT2D eigenvalue weighted by Gasteiger charge is -2.18. The summed E-state index contributed by atoms with van der Waals surface area (Å²) in [6.45, 7) is 3.83. The van der Waals surface area contributed by atoms with Gasteiger partial charge in [0.25, 0.3) is 0 Å². The molecule has 1 aliphatic rings. The third kappa shape index (κ3) is 3.04. The van der Waals surface area contributed by atoms with Gasteiger partial charge in [-0.1, -0.05) is 6.92 Å². The number of thiazole rings is 1. The number of aromatic nitrogens is 1. The predicted octanol–water partition coefficient (Wildman–Crippen LogP) is 3.39. The number of nitrogens with zero attached hydrogens (tertiary/aromatic N) is 1. The van der Waals surface area contributed by atoms with Crippen molar-refractivity contribution in [3.8, 4) is 0 Å². The second-order valence-electron chi connectivity index (χ2n) is 4.67. The molecule has 2 N–H and O–H groups in total. The zero-order valence-corrected chi connectivity index (χ0v) is 11.9. The first kappa shape index (κ1) is 13.8. The van der Waals surface area contributed by atoms with Crippen molar-refractivity contribution in [2.75, 3.05) is 0 Å². The second-order valence-corrected chi connectivity index (χ2v) is 5.61. The standard InChI is InChI=1S/C14H17NO3S/c1-3-9-4-10(12(17)5-11(9)16)13(18)6-14-15-8(2)7-19-14/h7,16,18H,3-6H2,1-2H3/b13-10-. The molecule has 0 atom stereocenters. The molecule has 1 aliphatic carbocycles. The number of aryl methyl sites for hydroxylation is 1. The number of aliphatic hydroxyl groups excluding tert-OH is 2. The number of hydrogen-bond donors (Lipinski definition) is 2. The van der Waals surface area contributed by atoms with Crippen molar-refractivity contribution in [3.05, 3.63) is 38.7 Å². The number of ketones is 1. The number of Topliss-reactive ketones (excluding diaryl/α,β-unsaturated/α-hetero) is 1. The number of hydrogen-bond acceptors (Lipinski definition) is 5. The van der Waals surface area contributed by atoms with Crippen molar-refractivity contribution in [2.24, 2.45) is 0 Å². The van der Waals surface area contributed by atoms with Gasteiger partial charge in [0.2, 0.25) is 0 Å². The SMILES string of the molecule is CCC1=C(O)CC(=O)/C(=C(\O)Cc2nc(C)cs2)C1. The zero-order chi connectivity index (χ0) is 14.0. The van der Waals surface area contributed by atoms with E-state index in [9.17, 15) is 15.0 Å². The average Bonchev–Trinajstić information content (AvgIpc) is 2.74. The van der Waals surface area contributed by atoms with E-state index < -0.39 is 0 Å². The minimum Gasteiger partial charge on any atom is -0.512 e. The first-order valence-corrected chi connectivity index (χ1v) is 7.14. The molecule has 0 fully saturated rings. The molecule has 1 aromatic heterocycles. The van der Waals surface area contributed by atoms with Crippen molar-refractivity contribution in [3.63, 3.8) is 0 Å². The summed E-state index contributed by atoms with van der Waals surface area (Å²) in [6, 6.07) is 0. The maximum atomic E-state index is 11.9. The molecular formula is C14H17NO3S. The van der Waals surface area contributed by atoms with Crippen LogP contribution in [0.1, 0.15) is 36.9 Å². The third-order valence-electron chi connectivity index (χ3n) is 3.22. The maximum Gasteiger partial charge on any atom is 0.170 e. The van der Waals surface area contributed by atoms with Crippen LogP contribution in [0.4, 0.5) is 0 Å². The summed E-state index contributed by atoms with van der Waals surface area (Å²) in [5.74, 6) is 0.0485. The fraction of sp³-hybridized carbons (Fsp3) is 0.429. The Morgan fingerprint density at radius 1 is 1.47 bits per heavy atom. The lowest BCUT2D eigenvalue weighted by molar-refractivity contribution is -0.116. The van der Waals surface area contributed by atoms with Gasteiger partial charge in [-0.25, -0.2) is 4.98 Å². The van der Waals surface area contributed by atoms with Gasteiger partial charge in [0.15, 0.2) is 5.78 Å². The molecule has 1 aromatic rings. The van der Waals surface area contributed by atoms with Gasteiger partial charge in [0.1, 0.15) is 10.8 Å². The third-order valence-corrected chi connectivity index (χ3v) is 4.19. The van der Waals surface area contributed by atoms with Crippen molar-refractivity contribution in [1.82, 2.24) is 4.98 Å². The zero-order valence-electron chi connectivity index (χ0n) is 11.1. The lowest BCUT2D eigenvalue weighted by atomic mass is 9.89. The van der Waals surface area contributed by atoms with Gasteiger partial charge in [0.05, 0.1) is 18.6 Å². The van der Waals surface area contributed by atoms with Crippen LogP contribution < -0.4 is 0 Å². The van der Waals surface area contributed by atoms with E-state index in [4.69, 9.17) is 0 Å². The van der Waals surface area contributed by atoms with Gasteiger partial charge in [0, 0.05) is 23.1 Å². The van der Waals surface area contributed by atoms with E-state index in [-0.39, 0.29) is 30.1 Å². The van der Waals surface area contributed by atoms with Crippen LogP contribution in [-0.2, 0) is 11.2 Å². The molecule has 102 valence electrons. The molecular weight excluding hydrogens is 262 g/mol. The number of aliphatic hydroxyl groups is 2. The van der Waals surface area contributed by atoms with Crippen molar-refractivity contribution >= 4 is 17.1 Å². The summed E-state index contributed by atoms with van der Waals surface area (Å²) in [5, 5.41) is 22.5. The van der Waals surface area contributed by atoms with Gasteiger partial charge in [-0.2, -0.15) is 0 Å². The minimum absolute atomic E-state index is 0.000532. The average molecular weight is 279 g/mol. The molecule has 0 radical (unpaired) electrons. The fourth-order valence-corrected chi connectivity index (χ4v) is 2.90. The summed E-state index contributed by atoms with van der Waals surface area (Å²) < 4.78 is 0. The first-order valence-electron chi connectivity index (χ1n) is 6.26. The largest absolute Gasteiger partial charge is 0.512 e. The molecule has 0 aliphatic heterocycles. The topological polar surface area (TPSA) is 70.4 Å². The minimum atomic E-state index is -0.194. The molecule has 0 spiro atoms. The molecule has 1 heterocycles. The van der Waals surface area contributed by atoms with E-state index >= 15 is 0 Å². The number of carbonyl (C=O) groups excluding carboxylic acids is 1. The highest BCUT2D eigenvalue weighted by Crippen LogP contribution is 2.29. The molecule has 0 saturated carbocycles. The van der Waals surface area contributed by atoms with E-state index in [0.717, 1.165) is 16.3 Å². The van der Waals surface area contributed by atoms with Crippen LogP contribution in [0, 0.1) is 6.92 Å². The summed E-state index contributed by atoms with van der Waals surface area (Å²) in [4.78, 5) is 16.2. The van der Waals surface area contributed by atoms with Crippen molar-refractivity contribution < 1.29 is 15.0 Å². The molecule has 4 nitrogen and oxygen atoms in total. The Bertz CT molecular complexity index is 569. The molecule has 0 saturated heterocycles. The quantitative estimate of drug-likeness (QED) is 0.657. The smallest absolute Gasteiger partial charge is 0.170 e. The summed E-state index contributed by atoms with van der Waals surface area (Å²) in [6.07, 6.45) is 1.32. The van der Waals surface area contributed by atoms with E-state index in [2.05, 4.69) is 4.98 Å². The summed E-state index contributed by atoms with van der Waals surface area (Å²) in [7, 11) is 0. The van der Waals surface area contributed by atoms with Gasteiger partial charge < -0.3 is 10.2 Å². The maximum absolute atomic E-state index is 11.9. The first-order chi connectivity index (χ1) is 9.01. The van der Waals surface area contributed by atoms with Crippen molar-refractivity contribution in [2.45, 2.75) is 39.5 Å². The van der Waals surface area contributed by atoms with E-state index in [1.807, 2.05) is 19.2 Å². The summed E-state index contributed by atoms with van der Waals surface area (Å²) in [5.41, 5.74) is 2.17. The number of rotatable bonds is 3. The fourth-order valence-electron chi connectivity index (χ4n) is 2.12. The lowest BCUT2D eigenvalue weighted by Crippen LogP contribution is -2.15. The monoisotopic (exact) mass is 279 g/mol. The molecule has 2 rings (SSSR count). The van der Waals surface area contributed by atoms with Crippen LogP contribution in [-0.4, -0.2) is 21.0 Å². The van der Waals surface area contributed by atoms with Crippen LogP contribution in [0.2, 0.25) is 0 Å². The van der Waals surface area contributed by atoms with Gasteiger partial charge in [-0.15, -0.1) is 11.3 Å². The van der Waals surface area contributed by atoms with Crippen LogP contribution in [0.5, 0.6) is 0 Å². The van der Waals surface area contributed by atoms with E-state index in [1.165, 1.54) is 11.3 Å². The van der Waals surface area contributed by atoms with Crippen molar-refractivity contribution in [1.29, 1.82) is 0 Å². The predicted molar refractivity (Wildman–Crippen MR) is 74.4 cm³/mol. The molecule has 0 amide bonds. The Hall–Kier alpha value is -1.62. The molecule has 5 heteroatoms. The highest BCUT2D eigenvalue weighted by Gasteiger charge is 2.25. The van der Waals surface area contributed by atoms with E-state index in [0.29, 0.717) is 18.4 Å². The Morgan fingerprint density at radius 2 is 2.21 bits per heavy atom. The highest BCUT2D eigenvalue weighted by atomic mass is 32.1. The van der Waals surface area contributed by atoms with Gasteiger partial charge >= 0.3 is 0 Å². The molecule has 0 bridgehead atoms. The molecule has 0 aromatic carbocycles. The van der Waals surface area contributed by atoms with Crippen LogP contribution in [0.3, 0.4) is 0 Å². The van der Waals surface area contributed by atoms with Crippen LogP contribution in [0.25, 0.3) is 0 Å². The second kappa shape index (κ2) is 5.57. The van der Waals surface area contributed by atoms with E-state index in [1.54, 1.807) is 0 Å². The van der Waals surface area contributed by atoms with Gasteiger partial charge in [-0.05, 0) is 18.9 Å². The normalized spacial score (nSPS) is 18.9. The Labute approximate surface area is 116 Å². The highest BCUT2D eigenvalue weighted by molar-refractivity contribution is 7.09. The summed E-state index contributed by atoms with van der Waals surface area (Å²) >= 11 is 1.47. The Kier molecular flexibility index (Phi) is 4.04. The number of allylic oxidation sites excluding steroid dienone is 4. The Morgan fingerprint density at radius 3 is 2.79 bits per heavy atom.